The fraction of sp³-hybridized carbons (Fsp3) is 0.389. The molecule has 0 aromatic carbocycles. The summed E-state index contributed by atoms with van der Waals surface area (Å²) in [6.45, 7) is 0.875. The van der Waals surface area contributed by atoms with Gasteiger partial charge in [-0.1, -0.05) is 78.5 Å². The fourth-order valence-corrected chi connectivity index (χ4v) is 8.72. The second-order valence-corrected chi connectivity index (χ2v) is 12.1. The number of dihydropyridines is 1. The Morgan fingerprint density at radius 2 is 1.82 bits per heavy atom. The zero-order chi connectivity index (χ0) is 25.8. The molecule has 3 aliphatic heterocycles. The first kappa shape index (κ1) is 23.6. The Bertz CT molecular complexity index is 1400. The first-order chi connectivity index (χ1) is 19.3. The van der Waals surface area contributed by atoms with Crippen molar-refractivity contribution in [2.75, 3.05) is 6.54 Å². The van der Waals surface area contributed by atoms with Crippen LogP contribution in [0.2, 0.25) is 0 Å². The Morgan fingerprint density at radius 3 is 2.72 bits per heavy atom. The Kier molecular flexibility index (Phi) is 5.69. The maximum absolute atomic E-state index is 7.00. The van der Waals surface area contributed by atoms with E-state index in [2.05, 4.69) is 103 Å². The van der Waals surface area contributed by atoms with Crippen molar-refractivity contribution in [2.45, 2.75) is 50.7 Å². The van der Waals surface area contributed by atoms with Crippen LogP contribution in [-0.2, 0) is 9.47 Å². The van der Waals surface area contributed by atoms with Gasteiger partial charge in [-0.05, 0) is 79.9 Å². The minimum atomic E-state index is -0.0142. The molecule has 8 rings (SSSR count). The van der Waals surface area contributed by atoms with Gasteiger partial charge in [0.05, 0.1) is 12.2 Å². The molecule has 0 aromatic heterocycles. The van der Waals surface area contributed by atoms with Gasteiger partial charge in [0.15, 0.2) is 0 Å². The van der Waals surface area contributed by atoms with Gasteiger partial charge in [0.1, 0.15) is 11.5 Å². The monoisotopic (exact) mass is 515 g/mol. The number of allylic oxidation sites excluding steroid dienone is 15. The summed E-state index contributed by atoms with van der Waals surface area (Å²) in [7, 11) is 0. The Balaban J connectivity index is 1.29. The molecule has 1 N–H and O–H groups in total. The molecule has 1 fully saturated rings. The lowest BCUT2D eigenvalue weighted by Crippen LogP contribution is -2.61. The minimum absolute atomic E-state index is 0.0142. The highest BCUT2D eigenvalue weighted by molar-refractivity contribution is 5.50. The second kappa shape index (κ2) is 9.41. The van der Waals surface area contributed by atoms with E-state index in [4.69, 9.17) is 9.47 Å². The number of hydrogen-bond acceptors (Lipinski definition) is 3. The molecule has 1 saturated heterocycles. The van der Waals surface area contributed by atoms with Crippen LogP contribution in [0.25, 0.3) is 0 Å². The van der Waals surface area contributed by atoms with E-state index in [9.17, 15) is 0 Å². The van der Waals surface area contributed by atoms with Crippen LogP contribution in [0, 0.1) is 29.1 Å². The Morgan fingerprint density at radius 1 is 0.872 bits per heavy atom. The van der Waals surface area contributed by atoms with Gasteiger partial charge in [-0.2, -0.15) is 0 Å². The predicted molar refractivity (Wildman–Crippen MR) is 156 cm³/mol. The van der Waals surface area contributed by atoms with Crippen molar-refractivity contribution in [3.05, 3.63) is 131 Å². The average Bonchev–Trinajstić information content (AvgIpc) is 3.01. The van der Waals surface area contributed by atoms with Gasteiger partial charge in [-0.25, -0.2) is 0 Å². The van der Waals surface area contributed by atoms with E-state index in [-0.39, 0.29) is 23.5 Å². The Hall–Kier alpha value is -3.30. The van der Waals surface area contributed by atoms with Gasteiger partial charge in [-0.3, -0.25) is 0 Å². The summed E-state index contributed by atoms with van der Waals surface area (Å²) in [5.74, 6) is 3.86. The van der Waals surface area contributed by atoms with E-state index in [1.54, 1.807) is 5.57 Å². The summed E-state index contributed by atoms with van der Waals surface area (Å²) in [6.07, 6.45) is 43.6. The molecule has 7 unspecified atom stereocenters. The highest BCUT2D eigenvalue weighted by atomic mass is 16.5. The van der Waals surface area contributed by atoms with Gasteiger partial charge in [-0.15, -0.1) is 0 Å². The van der Waals surface area contributed by atoms with E-state index < -0.39 is 0 Å². The van der Waals surface area contributed by atoms with Crippen molar-refractivity contribution in [2.24, 2.45) is 29.1 Å². The van der Waals surface area contributed by atoms with Gasteiger partial charge in [0.25, 0.3) is 0 Å². The fourth-order valence-electron chi connectivity index (χ4n) is 8.72. The lowest BCUT2D eigenvalue weighted by molar-refractivity contribution is -0.158. The maximum atomic E-state index is 7.00. The molecule has 5 aliphatic carbocycles. The molecule has 7 atom stereocenters. The van der Waals surface area contributed by atoms with Gasteiger partial charge in [0.2, 0.25) is 0 Å². The molecule has 8 aliphatic rings. The second-order valence-electron chi connectivity index (χ2n) is 12.1. The third-order valence-electron chi connectivity index (χ3n) is 10.3. The summed E-state index contributed by atoms with van der Waals surface area (Å²) in [4.78, 5) is 0. The van der Waals surface area contributed by atoms with Crippen molar-refractivity contribution >= 4 is 0 Å². The smallest absolute Gasteiger partial charge is 0.126 e. The van der Waals surface area contributed by atoms with E-state index in [1.807, 2.05) is 0 Å². The van der Waals surface area contributed by atoms with Crippen molar-refractivity contribution in [3.63, 3.8) is 0 Å². The molecule has 0 bridgehead atoms. The van der Waals surface area contributed by atoms with E-state index in [0.717, 1.165) is 50.2 Å². The number of hydrogen-bond donors (Lipinski definition) is 1. The molecule has 1 spiro atoms. The minimum Gasteiger partial charge on any atom is -0.461 e. The van der Waals surface area contributed by atoms with Gasteiger partial charge >= 0.3 is 0 Å². The summed E-state index contributed by atoms with van der Waals surface area (Å²) in [5, 5.41) is 3.56. The molecule has 0 radical (unpaired) electrons. The van der Waals surface area contributed by atoms with Crippen molar-refractivity contribution in [1.82, 2.24) is 5.32 Å². The summed E-state index contributed by atoms with van der Waals surface area (Å²) >= 11 is 0. The number of fused-ring (bicyclic) bond motifs is 7. The van der Waals surface area contributed by atoms with E-state index in [1.165, 1.54) is 23.3 Å². The normalized spacial score (nSPS) is 39.4. The molecule has 198 valence electrons. The topological polar surface area (TPSA) is 30.5 Å². The molecule has 3 heteroatoms. The standard InChI is InChI=1S/C36H37NO2/c1-2-10-24(11-3-1)25-17-19-29-34(22-25)38-32-15-6-4-12-27(32)36(29)28-13-5-7-16-33(28)39-35-23-26(18-20-30(35)36)31-14-8-9-21-37-31/h1-4,6-10,14-16,18,20,22-24,27-28,30,33,35,37H,5,11-13,17,19,21H2. The molecular formula is C36H37NO2. The summed E-state index contributed by atoms with van der Waals surface area (Å²) in [5.41, 5.74) is 5.50. The maximum Gasteiger partial charge on any atom is 0.126 e. The highest BCUT2D eigenvalue weighted by Gasteiger charge is 2.63. The van der Waals surface area contributed by atoms with Gasteiger partial charge < -0.3 is 14.8 Å². The van der Waals surface area contributed by atoms with E-state index >= 15 is 0 Å². The molecule has 0 amide bonds. The zero-order valence-corrected chi connectivity index (χ0v) is 22.5. The molecular weight excluding hydrogens is 478 g/mol. The quantitative estimate of drug-likeness (QED) is 0.387. The van der Waals surface area contributed by atoms with Crippen LogP contribution >= 0.6 is 0 Å². The van der Waals surface area contributed by atoms with Gasteiger partial charge in [0, 0.05) is 35.4 Å². The zero-order valence-electron chi connectivity index (χ0n) is 22.5. The first-order valence-electron chi connectivity index (χ1n) is 15.0. The molecule has 3 heterocycles. The summed E-state index contributed by atoms with van der Waals surface area (Å²) in [6, 6.07) is 0. The van der Waals surface area contributed by atoms with Crippen molar-refractivity contribution < 1.29 is 9.47 Å². The van der Waals surface area contributed by atoms with E-state index in [0.29, 0.717) is 17.8 Å². The van der Waals surface area contributed by atoms with Crippen LogP contribution in [0.4, 0.5) is 0 Å². The average molecular weight is 516 g/mol. The first-order valence-corrected chi connectivity index (χ1v) is 15.0. The summed E-state index contributed by atoms with van der Waals surface area (Å²) < 4.78 is 13.9. The largest absolute Gasteiger partial charge is 0.461 e. The SMILES string of the molecule is C1=CCNC(C2=CC3OC4C=CCCC4C4(C5=C(C=C(C6C=CC=CC6)CC5)OC5=CC=CCC54)C3C=C2)=C1. The molecule has 3 nitrogen and oxygen atoms in total. The lowest BCUT2D eigenvalue weighted by Gasteiger charge is -2.62. The third-order valence-corrected chi connectivity index (χ3v) is 10.3. The van der Waals surface area contributed by atoms with Crippen LogP contribution in [0.5, 0.6) is 0 Å². The van der Waals surface area contributed by atoms with Crippen molar-refractivity contribution in [1.29, 1.82) is 0 Å². The lowest BCUT2D eigenvalue weighted by atomic mass is 9.47. The highest BCUT2D eigenvalue weighted by Crippen LogP contribution is 2.66. The number of nitrogens with one attached hydrogen (secondary N) is 1. The molecule has 0 saturated carbocycles. The van der Waals surface area contributed by atoms with Crippen LogP contribution in [-0.4, -0.2) is 18.8 Å². The van der Waals surface area contributed by atoms with Crippen molar-refractivity contribution in [3.8, 4) is 0 Å². The Labute approximate surface area is 232 Å². The molecule has 0 aromatic rings. The van der Waals surface area contributed by atoms with Crippen LogP contribution in [0.3, 0.4) is 0 Å². The number of rotatable bonds is 2. The van der Waals surface area contributed by atoms with Crippen LogP contribution in [0.15, 0.2) is 131 Å². The predicted octanol–water partition coefficient (Wildman–Crippen LogP) is 7.46. The third kappa shape index (κ3) is 3.66. The number of ether oxygens (including phenoxy) is 2. The van der Waals surface area contributed by atoms with Crippen LogP contribution in [0.1, 0.15) is 38.5 Å². The van der Waals surface area contributed by atoms with Crippen LogP contribution < -0.4 is 5.32 Å². The molecule has 39 heavy (non-hydrogen) atoms.